The predicted molar refractivity (Wildman–Crippen MR) is 77.9 cm³/mol. The molecule has 2 aliphatic carbocycles. The Morgan fingerprint density at radius 1 is 1.29 bits per heavy atom. The van der Waals surface area contributed by atoms with Crippen LogP contribution in [-0.2, 0) is 14.3 Å². The molecule has 6 atom stereocenters. The molecule has 0 spiro atoms. The summed E-state index contributed by atoms with van der Waals surface area (Å²) >= 11 is 3.59. The monoisotopic (exact) mass is 351 g/mol. The van der Waals surface area contributed by atoms with Crippen molar-refractivity contribution >= 4 is 33.5 Å². The Morgan fingerprint density at radius 3 is 2.71 bits per heavy atom. The van der Waals surface area contributed by atoms with E-state index in [0.29, 0.717) is 5.69 Å². The van der Waals surface area contributed by atoms with Gasteiger partial charge in [0.05, 0.1) is 16.7 Å². The number of nitrogens with one attached hydrogen (secondary N) is 1. The molecule has 2 N–H and O–H groups in total. The Kier molecular flexibility index (Phi) is 2.79. The van der Waals surface area contributed by atoms with Crippen molar-refractivity contribution in [2.45, 2.75) is 17.4 Å². The smallest absolute Gasteiger partial charge is 0.310 e. The lowest BCUT2D eigenvalue weighted by Crippen LogP contribution is -2.40. The van der Waals surface area contributed by atoms with Gasteiger partial charge in [-0.2, -0.15) is 0 Å². The van der Waals surface area contributed by atoms with E-state index in [9.17, 15) is 14.7 Å². The number of anilines is 1. The number of phenols is 1. The van der Waals surface area contributed by atoms with Crippen molar-refractivity contribution in [2.75, 3.05) is 5.32 Å². The average molecular weight is 352 g/mol. The summed E-state index contributed by atoms with van der Waals surface area (Å²) in [5, 5.41) is 12.1. The topological polar surface area (TPSA) is 75.6 Å². The Balaban J connectivity index is 1.57. The van der Waals surface area contributed by atoms with E-state index >= 15 is 0 Å². The van der Waals surface area contributed by atoms with Gasteiger partial charge in [-0.3, -0.25) is 9.59 Å². The van der Waals surface area contributed by atoms with E-state index in [-0.39, 0.29) is 52.2 Å². The van der Waals surface area contributed by atoms with Crippen molar-refractivity contribution in [1.82, 2.24) is 0 Å². The van der Waals surface area contributed by atoms with Gasteiger partial charge in [0, 0.05) is 11.6 Å². The maximum absolute atomic E-state index is 12.6. The molecule has 2 bridgehead atoms. The summed E-state index contributed by atoms with van der Waals surface area (Å²) in [5.41, 5.74) is 0.620. The van der Waals surface area contributed by atoms with Crippen molar-refractivity contribution in [3.63, 3.8) is 0 Å². The molecule has 21 heavy (non-hydrogen) atoms. The van der Waals surface area contributed by atoms with E-state index in [4.69, 9.17) is 4.74 Å². The minimum absolute atomic E-state index is 0.0646. The molecule has 3 fully saturated rings. The summed E-state index contributed by atoms with van der Waals surface area (Å²) < 4.78 is 5.40. The molecule has 5 nitrogen and oxygen atoms in total. The zero-order valence-corrected chi connectivity index (χ0v) is 12.6. The molecule has 1 aromatic carbocycles. The number of halogens is 1. The van der Waals surface area contributed by atoms with Gasteiger partial charge in [0.15, 0.2) is 0 Å². The highest BCUT2D eigenvalue weighted by Crippen LogP contribution is 2.60. The van der Waals surface area contributed by atoms with Crippen molar-refractivity contribution in [1.29, 1.82) is 0 Å². The van der Waals surface area contributed by atoms with Crippen molar-refractivity contribution in [2.24, 2.45) is 23.7 Å². The van der Waals surface area contributed by atoms with E-state index in [0.717, 1.165) is 6.42 Å². The van der Waals surface area contributed by atoms with Crippen molar-refractivity contribution in [3.8, 4) is 5.75 Å². The molecule has 1 aliphatic heterocycles. The molecule has 4 rings (SSSR count). The average Bonchev–Trinajstić information content (AvgIpc) is 3.05. The first-order valence-electron chi connectivity index (χ1n) is 7.01. The minimum Gasteiger partial charge on any atom is -0.508 e. The van der Waals surface area contributed by atoms with Gasteiger partial charge in [0.1, 0.15) is 11.9 Å². The number of hydrogen-bond acceptors (Lipinski definition) is 4. The van der Waals surface area contributed by atoms with Crippen LogP contribution in [0.4, 0.5) is 5.69 Å². The number of esters is 1. The largest absolute Gasteiger partial charge is 0.508 e. The van der Waals surface area contributed by atoms with Crippen LogP contribution < -0.4 is 5.32 Å². The summed E-state index contributed by atoms with van der Waals surface area (Å²) in [4.78, 5) is 24.6. The number of ether oxygens (including phenoxy) is 1. The second-order valence-corrected chi connectivity index (χ2v) is 7.05. The molecule has 0 aromatic heterocycles. The molecular formula is C15H14BrNO4. The van der Waals surface area contributed by atoms with Crippen LogP contribution in [0, 0.1) is 23.7 Å². The summed E-state index contributed by atoms with van der Waals surface area (Å²) in [5.74, 6) is -0.544. The quantitative estimate of drug-likeness (QED) is 0.484. The fraction of sp³-hybridized carbons (Fsp3) is 0.467. The number of rotatable bonds is 2. The van der Waals surface area contributed by atoms with Crippen LogP contribution in [0.3, 0.4) is 0 Å². The summed E-state index contributed by atoms with van der Waals surface area (Å²) in [6, 6.07) is 6.32. The number of hydrogen-bond donors (Lipinski definition) is 2. The van der Waals surface area contributed by atoms with Crippen LogP contribution in [0.15, 0.2) is 24.3 Å². The van der Waals surface area contributed by atoms with Gasteiger partial charge >= 0.3 is 5.97 Å². The molecule has 1 amide bonds. The molecule has 3 aliphatic rings. The highest BCUT2D eigenvalue weighted by atomic mass is 79.9. The van der Waals surface area contributed by atoms with E-state index in [1.54, 1.807) is 12.1 Å². The Hall–Kier alpha value is -1.56. The molecule has 6 unspecified atom stereocenters. The third kappa shape index (κ3) is 1.81. The number of alkyl halides is 1. The first kappa shape index (κ1) is 13.1. The van der Waals surface area contributed by atoms with Gasteiger partial charge in [-0.1, -0.05) is 15.9 Å². The molecule has 1 saturated heterocycles. The highest BCUT2D eigenvalue weighted by molar-refractivity contribution is 9.09. The normalized spacial score (nSPS) is 39.4. The number of benzene rings is 1. The van der Waals surface area contributed by atoms with Crippen LogP contribution in [0.5, 0.6) is 5.75 Å². The number of carbonyl (C=O) groups excluding carboxylic acids is 2. The molecular weight excluding hydrogens is 338 g/mol. The summed E-state index contributed by atoms with van der Waals surface area (Å²) in [6.45, 7) is 0. The molecule has 2 saturated carbocycles. The lowest BCUT2D eigenvalue weighted by Gasteiger charge is -2.27. The van der Waals surface area contributed by atoms with E-state index in [1.165, 1.54) is 12.1 Å². The molecule has 1 heterocycles. The van der Waals surface area contributed by atoms with E-state index in [1.807, 2.05) is 0 Å². The SMILES string of the molecule is O=C(Nc1ccc(O)cc1)C1C2CC3C(OC(=O)C31)C2Br. The fourth-order valence-electron chi connectivity index (χ4n) is 4.10. The van der Waals surface area contributed by atoms with Gasteiger partial charge in [0.25, 0.3) is 0 Å². The number of aromatic hydroxyl groups is 1. The Bertz CT molecular complexity index is 617. The van der Waals surface area contributed by atoms with Crippen molar-refractivity contribution < 1.29 is 19.4 Å². The number of amides is 1. The summed E-state index contributed by atoms with van der Waals surface area (Å²) in [7, 11) is 0. The molecule has 110 valence electrons. The second kappa shape index (κ2) is 4.47. The lowest BCUT2D eigenvalue weighted by atomic mass is 9.79. The predicted octanol–water partition coefficient (Wildman–Crippen LogP) is 1.90. The third-order valence-corrected chi connectivity index (χ3v) is 6.16. The maximum Gasteiger partial charge on any atom is 0.310 e. The number of carbonyl (C=O) groups is 2. The summed E-state index contributed by atoms with van der Waals surface area (Å²) in [6.07, 6.45) is 0.801. The van der Waals surface area contributed by atoms with E-state index < -0.39 is 0 Å². The zero-order valence-electron chi connectivity index (χ0n) is 11.0. The van der Waals surface area contributed by atoms with Crippen LogP contribution >= 0.6 is 15.9 Å². The number of phenolic OH excluding ortho intramolecular Hbond substituents is 1. The molecule has 1 aromatic rings. The van der Waals surface area contributed by atoms with Gasteiger partial charge in [-0.05, 0) is 36.6 Å². The van der Waals surface area contributed by atoms with Crippen molar-refractivity contribution in [3.05, 3.63) is 24.3 Å². The second-order valence-electron chi connectivity index (χ2n) is 6.00. The van der Waals surface area contributed by atoms with Gasteiger partial charge < -0.3 is 15.2 Å². The van der Waals surface area contributed by atoms with Crippen LogP contribution in [0.25, 0.3) is 0 Å². The molecule has 6 heteroatoms. The Labute approximate surface area is 129 Å². The highest BCUT2D eigenvalue weighted by Gasteiger charge is 2.67. The van der Waals surface area contributed by atoms with Gasteiger partial charge in [-0.15, -0.1) is 0 Å². The Morgan fingerprint density at radius 2 is 2.00 bits per heavy atom. The van der Waals surface area contributed by atoms with Crippen LogP contribution in [-0.4, -0.2) is 27.9 Å². The standard InChI is InChI=1S/C15H14BrNO4/c16-12-8-5-9-11(15(20)21-13(9)12)10(8)14(19)17-6-1-3-7(18)4-2-6/h1-4,8-13,18H,5H2,(H,17,19). The van der Waals surface area contributed by atoms with E-state index in [2.05, 4.69) is 21.2 Å². The van der Waals surface area contributed by atoms with Crippen LogP contribution in [0.2, 0.25) is 0 Å². The van der Waals surface area contributed by atoms with Crippen LogP contribution in [0.1, 0.15) is 6.42 Å². The first-order valence-corrected chi connectivity index (χ1v) is 7.92. The minimum atomic E-state index is -0.334. The first-order chi connectivity index (χ1) is 10.1. The maximum atomic E-state index is 12.6. The lowest BCUT2D eigenvalue weighted by molar-refractivity contribution is -0.145. The van der Waals surface area contributed by atoms with Gasteiger partial charge in [-0.25, -0.2) is 0 Å². The fourth-order valence-corrected chi connectivity index (χ4v) is 5.15. The zero-order chi connectivity index (χ0) is 14.7. The number of fused-ring (bicyclic) bond motifs is 1. The molecule has 0 radical (unpaired) electrons. The van der Waals surface area contributed by atoms with Gasteiger partial charge in [0.2, 0.25) is 5.91 Å². The third-order valence-electron chi connectivity index (χ3n) is 4.96.